The molecular formula is C13H18FN5O. The summed E-state index contributed by atoms with van der Waals surface area (Å²) in [7, 11) is 0. The van der Waals surface area contributed by atoms with E-state index in [-0.39, 0.29) is 17.4 Å². The summed E-state index contributed by atoms with van der Waals surface area (Å²) in [5, 5.41) is 2.88. The van der Waals surface area contributed by atoms with E-state index in [1.165, 1.54) is 25.1 Å². The largest absolute Gasteiger partial charge is 0.348 e. The lowest BCUT2D eigenvalue weighted by atomic mass is 10.2. The van der Waals surface area contributed by atoms with Gasteiger partial charge in [0.15, 0.2) is 11.6 Å². The molecule has 20 heavy (non-hydrogen) atoms. The van der Waals surface area contributed by atoms with Crippen LogP contribution < -0.4 is 16.6 Å². The first-order valence-electron chi connectivity index (χ1n) is 6.85. The van der Waals surface area contributed by atoms with Crippen LogP contribution in [0.3, 0.4) is 0 Å². The highest BCUT2D eigenvalue weighted by Crippen LogP contribution is 2.29. The zero-order valence-electron chi connectivity index (χ0n) is 11.1. The Bertz CT molecular complexity index is 519. The monoisotopic (exact) mass is 279 g/mol. The number of carbonyl (C=O) groups is 1. The molecule has 0 spiro atoms. The predicted molar refractivity (Wildman–Crippen MR) is 72.5 cm³/mol. The quantitative estimate of drug-likeness (QED) is 0.551. The number of hydrogen-bond donors (Lipinski definition) is 3. The van der Waals surface area contributed by atoms with E-state index >= 15 is 0 Å². The van der Waals surface area contributed by atoms with Crippen molar-refractivity contribution in [3.8, 4) is 0 Å². The fourth-order valence-corrected chi connectivity index (χ4v) is 2.66. The number of rotatable bonds is 4. The Morgan fingerprint density at radius 3 is 2.95 bits per heavy atom. The van der Waals surface area contributed by atoms with Crippen molar-refractivity contribution in [3.05, 3.63) is 23.6 Å². The molecular weight excluding hydrogens is 261 g/mol. The van der Waals surface area contributed by atoms with Crippen molar-refractivity contribution < 1.29 is 9.18 Å². The molecule has 3 rings (SSSR count). The molecule has 1 amide bonds. The van der Waals surface area contributed by atoms with Crippen LogP contribution in [0.25, 0.3) is 0 Å². The van der Waals surface area contributed by atoms with Gasteiger partial charge in [0.25, 0.3) is 5.91 Å². The summed E-state index contributed by atoms with van der Waals surface area (Å²) in [5.74, 6) is 3.90. The predicted octanol–water partition coefficient (Wildman–Crippen LogP) is 0.473. The molecule has 7 heteroatoms. The Balaban J connectivity index is 1.64. The van der Waals surface area contributed by atoms with Crippen LogP contribution in [-0.2, 0) is 0 Å². The molecule has 1 unspecified atom stereocenters. The summed E-state index contributed by atoms with van der Waals surface area (Å²) in [6.45, 7) is 1.86. The lowest BCUT2D eigenvalue weighted by Gasteiger charge is -2.16. The van der Waals surface area contributed by atoms with E-state index in [1.54, 1.807) is 0 Å². The first-order valence-corrected chi connectivity index (χ1v) is 6.85. The Kier molecular flexibility index (Phi) is 3.54. The number of nitrogens with two attached hydrogens (primary N) is 1. The lowest BCUT2D eigenvalue weighted by molar-refractivity contribution is 0.0933. The molecule has 2 aliphatic rings. The van der Waals surface area contributed by atoms with E-state index in [0.29, 0.717) is 6.04 Å². The zero-order chi connectivity index (χ0) is 14.1. The number of nitrogens with zero attached hydrogens (tertiary/aromatic N) is 2. The number of nitrogens with one attached hydrogen (secondary N) is 2. The molecule has 1 aliphatic carbocycles. The van der Waals surface area contributed by atoms with Gasteiger partial charge in [0.1, 0.15) is 0 Å². The first-order chi connectivity index (χ1) is 9.69. The number of hydrazine groups is 1. The number of aromatic nitrogens is 1. The minimum Gasteiger partial charge on any atom is -0.348 e. The minimum absolute atomic E-state index is 0.0298. The van der Waals surface area contributed by atoms with Crippen LogP contribution in [0, 0.1) is 5.82 Å². The third-order valence-electron chi connectivity index (χ3n) is 3.89. The highest BCUT2D eigenvalue weighted by molar-refractivity contribution is 5.95. The molecule has 6 nitrogen and oxygen atoms in total. The number of carbonyl (C=O) groups excluding carboxylic acids is 1. The fourth-order valence-electron chi connectivity index (χ4n) is 2.66. The van der Waals surface area contributed by atoms with Gasteiger partial charge in [-0.25, -0.2) is 15.2 Å². The van der Waals surface area contributed by atoms with Gasteiger partial charge in [-0.1, -0.05) is 0 Å². The number of anilines is 1. The summed E-state index contributed by atoms with van der Waals surface area (Å²) in [5.41, 5.74) is 2.11. The Labute approximate surface area is 116 Å². The molecule has 2 fully saturated rings. The van der Waals surface area contributed by atoms with Gasteiger partial charge < -0.3 is 10.7 Å². The summed E-state index contributed by atoms with van der Waals surface area (Å²) in [6, 6.07) is 2.15. The Morgan fingerprint density at radius 1 is 1.45 bits per heavy atom. The van der Waals surface area contributed by atoms with Gasteiger partial charge >= 0.3 is 0 Å². The van der Waals surface area contributed by atoms with Crippen molar-refractivity contribution in [2.24, 2.45) is 5.84 Å². The second-order valence-electron chi connectivity index (χ2n) is 5.35. The summed E-state index contributed by atoms with van der Waals surface area (Å²) < 4.78 is 13.9. The van der Waals surface area contributed by atoms with E-state index in [4.69, 9.17) is 5.84 Å². The van der Waals surface area contributed by atoms with Crippen LogP contribution >= 0.6 is 0 Å². The molecule has 1 aromatic heterocycles. The van der Waals surface area contributed by atoms with Gasteiger partial charge in [-0.15, -0.1) is 0 Å². The van der Waals surface area contributed by atoms with Crippen LogP contribution in [0.2, 0.25) is 0 Å². The standard InChI is InChI=1S/C13H18FN5O/c14-11-10(3-5-16-12(11)18-15)13(20)17-8-4-6-19(7-8)9-1-2-9/h3,5,8-9H,1-2,4,6-7,15H2,(H,16,18)(H,17,20). The Hall–Kier alpha value is -1.73. The van der Waals surface area contributed by atoms with Crippen LogP contribution in [0.15, 0.2) is 12.3 Å². The van der Waals surface area contributed by atoms with E-state index in [0.717, 1.165) is 19.5 Å². The molecule has 1 aromatic rings. The van der Waals surface area contributed by atoms with Crippen LogP contribution in [0.4, 0.5) is 10.2 Å². The normalized spacial score (nSPS) is 22.8. The van der Waals surface area contributed by atoms with Gasteiger partial charge in [-0.2, -0.15) is 0 Å². The molecule has 0 bridgehead atoms. The molecule has 1 aliphatic heterocycles. The van der Waals surface area contributed by atoms with E-state index in [9.17, 15) is 9.18 Å². The van der Waals surface area contributed by atoms with Crippen LogP contribution in [0.5, 0.6) is 0 Å². The number of nitrogen functional groups attached to an aromatic ring is 1. The third-order valence-corrected chi connectivity index (χ3v) is 3.89. The van der Waals surface area contributed by atoms with Crippen molar-refractivity contribution in [2.45, 2.75) is 31.3 Å². The average molecular weight is 279 g/mol. The van der Waals surface area contributed by atoms with Crippen molar-refractivity contribution in [1.82, 2.24) is 15.2 Å². The van der Waals surface area contributed by atoms with Gasteiger partial charge in [0, 0.05) is 31.4 Å². The zero-order valence-corrected chi connectivity index (χ0v) is 11.1. The second-order valence-corrected chi connectivity index (χ2v) is 5.35. The Morgan fingerprint density at radius 2 is 2.25 bits per heavy atom. The molecule has 0 radical (unpaired) electrons. The number of pyridine rings is 1. The molecule has 1 atom stereocenters. The number of hydrogen-bond acceptors (Lipinski definition) is 5. The number of halogens is 1. The van der Waals surface area contributed by atoms with Crippen molar-refractivity contribution in [1.29, 1.82) is 0 Å². The topological polar surface area (TPSA) is 83.3 Å². The fraction of sp³-hybridized carbons (Fsp3) is 0.538. The molecule has 4 N–H and O–H groups in total. The highest BCUT2D eigenvalue weighted by Gasteiger charge is 2.35. The van der Waals surface area contributed by atoms with Gasteiger partial charge in [0.05, 0.1) is 5.56 Å². The summed E-state index contributed by atoms with van der Waals surface area (Å²) in [6.07, 6.45) is 4.78. The molecule has 1 saturated carbocycles. The SMILES string of the molecule is NNc1nccc(C(=O)NC2CCN(C3CC3)C2)c1F. The molecule has 2 heterocycles. The average Bonchev–Trinajstić information content (AvgIpc) is 3.20. The lowest BCUT2D eigenvalue weighted by Crippen LogP contribution is -2.38. The third kappa shape index (κ3) is 2.59. The van der Waals surface area contributed by atoms with E-state index < -0.39 is 11.7 Å². The van der Waals surface area contributed by atoms with Crippen molar-refractivity contribution >= 4 is 11.7 Å². The van der Waals surface area contributed by atoms with Crippen LogP contribution in [0.1, 0.15) is 29.6 Å². The minimum atomic E-state index is -0.718. The molecule has 1 saturated heterocycles. The maximum absolute atomic E-state index is 13.9. The van der Waals surface area contributed by atoms with E-state index in [1.807, 2.05) is 0 Å². The van der Waals surface area contributed by atoms with Gasteiger partial charge in [0.2, 0.25) is 0 Å². The second kappa shape index (κ2) is 5.34. The van der Waals surface area contributed by atoms with Gasteiger partial charge in [-0.05, 0) is 25.3 Å². The summed E-state index contributed by atoms with van der Waals surface area (Å²) in [4.78, 5) is 18.2. The first kappa shape index (κ1) is 13.3. The van der Waals surface area contributed by atoms with Gasteiger partial charge in [-0.3, -0.25) is 9.69 Å². The number of amides is 1. The summed E-state index contributed by atoms with van der Waals surface area (Å²) >= 11 is 0. The smallest absolute Gasteiger partial charge is 0.254 e. The molecule has 0 aromatic carbocycles. The van der Waals surface area contributed by atoms with E-state index in [2.05, 4.69) is 20.6 Å². The maximum Gasteiger partial charge on any atom is 0.254 e. The number of likely N-dealkylation sites (tertiary alicyclic amines) is 1. The highest BCUT2D eigenvalue weighted by atomic mass is 19.1. The van der Waals surface area contributed by atoms with Crippen molar-refractivity contribution in [2.75, 3.05) is 18.5 Å². The van der Waals surface area contributed by atoms with Crippen molar-refractivity contribution in [3.63, 3.8) is 0 Å². The molecule has 108 valence electrons. The van der Waals surface area contributed by atoms with Crippen LogP contribution in [-0.4, -0.2) is 41.0 Å². The maximum atomic E-state index is 13.9.